The lowest BCUT2D eigenvalue weighted by Crippen LogP contribution is -2.18. The number of benzene rings is 1. The first-order chi connectivity index (χ1) is 18.7. The SMILES string of the molecule is Cc1sc(C(=O)Nc2cc(Cl)cc(NS(C)(=O)=O)c2)cc1-c1ncc(F)cc1OCc1cccc(C(C)(C)O)n1. The van der Waals surface area contributed by atoms with Crippen molar-refractivity contribution in [3.05, 3.63) is 86.7 Å². The van der Waals surface area contributed by atoms with E-state index in [2.05, 4.69) is 20.0 Å². The number of anilines is 2. The number of nitrogens with one attached hydrogen (secondary N) is 2. The standard InChI is InChI=1S/C27H26ClFN4O5S2/c1-15-21(12-23(39-15)26(34)32-19-8-16(28)9-20(11-19)33-40(4,36)37)25-22(10-17(29)13-30-25)38-14-18-6-5-7-24(31-18)27(2,3)35/h5-13,33,35H,14H2,1-4H3,(H,32,34). The van der Waals surface area contributed by atoms with Crippen LogP contribution >= 0.6 is 22.9 Å². The first-order valence-corrected chi connectivity index (χ1v) is 14.9. The molecule has 0 aliphatic rings. The smallest absolute Gasteiger partial charge is 0.265 e. The van der Waals surface area contributed by atoms with Crippen LogP contribution in [-0.4, -0.2) is 35.7 Å². The molecule has 13 heteroatoms. The zero-order valence-corrected chi connectivity index (χ0v) is 24.3. The van der Waals surface area contributed by atoms with Gasteiger partial charge in [0.05, 0.1) is 34.4 Å². The highest BCUT2D eigenvalue weighted by Crippen LogP contribution is 2.36. The molecular weight excluding hydrogens is 579 g/mol. The third kappa shape index (κ3) is 7.54. The fourth-order valence-corrected chi connectivity index (χ4v) is 5.44. The molecule has 0 aliphatic heterocycles. The molecule has 3 N–H and O–H groups in total. The molecule has 0 aliphatic carbocycles. The predicted molar refractivity (Wildman–Crippen MR) is 154 cm³/mol. The summed E-state index contributed by atoms with van der Waals surface area (Å²) in [6, 6.07) is 12.4. The fraction of sp³-hybridized carbons (Fsp3) is 0.222. The summed E-state index contributed by atoms with van der Waals surface area (Å²) in [7, 11) is -3.54. The lowest BCUT2D eigenvalue weighted by molar-refractivity contribution is 0.0733. The van der Waals surface area contributed by atoms with Crippen LogP contribution in [0.25, 0.3) is 11.3 Å². The number of rotatable bonds is 9. The van der Waals surface area contributed by atoms with Crippen molar-refractivity contribution in [1.82, 2.24) is 9.97 Å². The first kappa shape index (κ1) is 29.4. The van der Waals surface area contributed by atoms with E-state index in [9.17, 15) is 22.7 Å². The summed E-state index contributed by atoms with van der Waals surface area (Å²) in [5, 5.41) is 13.2. The van der Waals surface area contributed by atoms with Gasteiger partial charge < -0.3 is 15.2 Å². The molecule has 1 amide bonds. The maximum atomic E-state index is 14.1. The van der Waals surface area contributed by atoms with Crippen LogP contribution in [0.2, 0.25) is 5.02 Å². The van der Waals surface area contributed by atoms with Gasteiger partial charge in [-0.25, -0.2) is 17.8 Å². The maximum Gasteiger partial charge on any atom is 0.265 e. The van der Waals surface area contributed by atoms with E-state index in [4.69, 9.17) is 16.3 Å². The number of aromatic nitrogens is 2. The summed E-state index contributed by atoms with van der Waals surface area (Å²) in [4.78, 5) is 22.8. The fourth-order valence-electron chi connectivity index (χ4n) is 3.74. The zero-order valence-electron chi connectivity index (χ0n) is 22.0. The Bertz CT molecular complexity index is 1690. The van der Waals surface area contributed by atoms with Crippen LogP contribution in [0.3, 0.4) is 0 Å². The van der Waals surface area contributed by atoms with Crippen molar-refractivity contribution in [2.24, 2.45) is 0 Å². The first-order valence-electron chi connectivity index (χ1n) is 11.9. The van der Waals surface area contributed by atoms with Gasteiger partial charge in [0.1, 0.15) is 29.5 Å². The van der Waals surface area contributed by atoms with Crippen LogP contribution in [0.5, 0.6) is 5.75 Å². The molecule has 3 heterocycles. The van der Waals surface area contributed by atoms with E-state index in [0.717, 1.165) is 17.3 Å². The summed E-state index contributed by atoms with van der Waals surface area (Å²) in [6.07, 6.45) is 2.07. The van der Waals surface area contributed by atoms with Gasteiger partial charge >= 0.3 is 0 Å². The minimum Gasteiger partial charge on any atom is -0.485 e. The number of hydrogen-bond donors (Lipinski definition) is 3. The van der Waals surface area contributed by atoms with E-state index in [0.29, 0.717) is 33.2 Å². The van der Waals surface area contributed by atoms with Crippen molar-refractivity contribution in [2.45, 2.75) is 33.0 Å². The number of nitrogens with zero attached hydrogens (tertiary/aromatic N) is 2. The summed E-state index contributed by atoms with van der Waals surface area (Å²) < 4.78 is 45.5. The highest BCUT2D eigenvalue weighted by Gasteiger charge is 2.20. The Morgan fingerprint density at radius 1 is 1.18 bits per heavy atom. The number of sulfonamides is 1. The van der Waals surface area contributed by atoms with Gasteiger partial charge in [-0.2, -0.15) is 0 Å². The van der Waals surface area contributed by atoms with Gasteiger partial charge in [-0.1, -0.05) is 17.7 Å². The number of ether oxygens (including phenoxy) is 1. The van der Waals surface area contributed by atoms with Crippen molar-refractivity contribution in [3.63, 3.8) is 0 Å². The molecule has 0 fully saturated rings. The Morgan fingerprint density at radius 2 is 1.90 bits per heavy atom. The minimum atomic E-state index is -3.54. The van der Waals surface area contributed by atoms with Gasteiger partial charge in [0.15, 0.2) is 0 Å². The number of amides is 1. The minimum absolute atomic E-state index is 0.00278. The third-order valence-electron chi connectivity index (χ3n) is 5.48. The number of hydrogen-bond acceptors (Lipinski definition) is 8. The van der Waals surface area contributed by atoms with E-state index in [1.165, 1.54) is 35.6 Å². The number of aliphatic hydroxyl groups is 1. The molecule has 4 aromatic rings. The summed E-state index contributed by atoms with van der Waals surface area (Å²) >= 11 is 7.30. The number of aryl methyl sites for hydroxylation is 1. The van der Waals surface area contributed by atoms with E-state index in [1.807, 2.05) is 0 Å². The van der Waals surface area contributed by atoms with E-state index < -0.39 is 27.3 Å². The number of carbonyl (C=O) groups is 1. The van der Waals surface area contributed by atoms with Crippen molar-refractivity contribution < 1.29 is 27.4 Å². The van der Waals surface area contributed by atoms with Crippen LogP contribution in [0.4, 0.5) is 15.8 Å². The quantitative estimate of drug-likeness (QED) is 0.222. The molecule has 9 nitrogen and oxygen atoms in total. The van der Waals surface area contributed by atoms with Gasteiger partial charge in [0.2, 0.25) is 10.0 Å². The summed E-state index contributed by atoms with van der Waals surface area (Å²) in [6.45, 7) is 5.05. The van der Waals surface area contributed by atoms with Crippen LogP contribution in [0, 0.1) is 12.7 Å². The van der Waals surface area contributed by atoms with E-state index in [-0.39, 0.29) is 23.1 Å². The van der Waals surface area contributed by atoms with Crippen LogP contribution < -0.4 is 14.8 Å². The molecule has 40 heavy (non-hydrogen) atoms. The Morgan fingerprint density at radius 3 is 2.60 bits per heavy atom. The van der Waals surface area contributed by atoms with Crippen molar-refractivity contribution in [1.29, 1.82) is 0 Å². The molecule has 0 radical (unpaired) electrons. The number of pyridine rings is 2. The van der Waals surface area contributed by atoms with Crippen molar-refractivity contribution in [3.8, 4) is 17.0 Å². The number of carbonyl (C=O) groups excluding carboxylic acids is 1. The molecular formula is C27H26ClFN4O5S2. The second-order valence-electron chi connectivity index (χ2n) is 9.50. The third-order valence-corrected chi connectivity index (χ3v) is 7.36. The van der Waals surface area contributed by atoms with Crippen LogP contribution in [0.1, 0.15) is 39.8 Å². The van der Waals surface area contributed by atoms with E-state index in [1.54, 1.807) is 45.0 Å². The number of thiophene rings is 1. The predicted octanol–water partition coefficient (Wildman–Crippen LogP) is 5.74. The van der Waals surface area contributed by atoms with Gasteiger partial charge in [-0.3, -0.25) is 14.5 Å². The molecule has 0 saturated heterocycles. The molecule has 4 rings (SSSR count). The second-order valence-corrected chi connectivity index (χ2v) is 12.9. The monoisotopic (exact) mass is 604 g/mol. The zero-order chi connectivity index (χ0) is 29.2. The second kappa shape index (κ2) is 11.5. The van der Waals surface area contributed by atoms with Gasteiger partial charge in [0, 0.05) is 27.2 Å². The van der Waals surface area contributed by atoms with Crippen LogP contribution in [0.15, 0.2) is 54.7 Å². The lowest BCUT2D eigenvalue weighted by atomic mass is 10.0. The highest BCUT2D eigenvalue weighted by atomic mass is 35.5. The van der Waals surface area contributed by atoms with Gasteiger partial charge in [-0.15, -0.1) is 11.3 Å². The Balaban J connectivity index is 1.57. The molecule has 0 unspecified atom stereocenters. The normalized spacial score (nSPS) is 11.8. The average Bonchev–Trinajstić information content (AvgIpc) is 3.22. The summed E-state index contributed by atoms with van der Waals surface area (Å²) in [5.74, 6) is -0.888. The molecule has 0 atom stereocenters. The summed E-state index contributed by atoms with van der Waals surface area (Å²) in [5.41, 5.74) is 1.28. The molecule has 0 bridgehead atoms. The van der Waals surface area contributed by atoms with E-state index >= 15 is 0 Å². The van der Waals surface area contributed by atoms with Crippen molar-refractivity contribution in [2.75, 3.05) is 16.3 Å². The number of halogens is 2. The lowest BCUT2D eigenvalue weighted by Gasteiger charge is -2.17. The Hall–Kier alpha value is -3.58. The molecule has 210 valence electrons. The molecule has 0 spiro atoms. The largest absolute Gasteiger partial charge is 0.485 e. The van der Waals surface area contributed by atoms with Gasteiger partial charge in [-0.05, 0) is 57.2 Å². The average molecular weight is 605 g/mol. The molecule has 0 saturated carbocycles. The Labute approximate surface area is 240 Å². The topological polar surface area (TPSA) is 131 Å². The highest BCUT2D eigenvalue weighted by molar-refractivity contribution is 7.92. The Kier molecular flexibility index (Phi) is 8.45. The van der Waals surface area contributed by atoms with Crippen LogP contribution in [-0.2, 0) is 22.2 Å². The van der Waals surface area contributed by atoms with Gasteiger partial charge in [0.25, 0.3) is 5.91 Å². The molecule has 3 aromatic heterocycles. The molecule has 1 aromatic carbocycles. The maximum absolute atomic E-state index is 14.1. The van der Waals surface area contributed by atoms with Crippen molar-refractivity contribution >= 4 is 50.2 Å².